The van der Waals surface area contributed by atoms with Crippen molar-refractivity contribution < 1.29 is 9.47 Å². The van der Waals surface area contributed by atoms with Gasteiger partial charge in [-0.3, -0.25) is 9.20 Å². The van der Waals surface area contributed by atoms with Gasteiger partial charge in [0.05, 0.1) is 24.1 Å². The molecule has 3 heterocycles. The molecule has 0 aliphatic carbocycles. The van der Waals surface area contributed by atoms with Crippen molar-refractivity contribution in [2.75, 3.05) is 7.11 Å². The Hall–Kier alpha value is -4.39. The van der Waals surface area contributed by atoms with Gasteiger partial charge in [-0.2, -0.15) is 5.10 Å². The fourth-order valence-electron chi connectivity index (χ4n) is 4.18. The van der Waals surface area contributed by atoms with Gasteiger partial charge in [0.1, 0.15) is 18.1 Å². The standard InChI is InChI=1S/C28H26N4O3/c1-18-8-5-6-9-24(18)32-19(2)16-23(30-32)26-20(3)29-27-25(10-7-15-31(27)28(26)33)35-17-21-11-13-22(34-4)14-12-21/h5-16H,17H2,1-4H3. The molecule has 0 bridgehead atoms. The normalized spacial score (nSPS) is 11.1. The fourth-order valence-corrected chi connectivity index (χ4v) is 4.18. The number of aromatic nitrogens is 4. The van der Waals surface area contributed by atoms with Crippen LogP contribution in [-0.2, 0) is 6.61 Å². The van der Waals surface area contributed by atoms with Crippen molar-refractivity contribution in [1.82, 2.24) is 19.2 Å². The largest absolute Gasteiger partial charge is 0.497 e. The molecular weight excluding hydrogens is 440 g/mol. The summed E-state index contributed by atoms with van der Waals surface area (Å²) in [4.78, 5) is 18.3. The molecule has 0 aliphatic rings. The molecule has 0 fully saturated rings. The Morgan fingerprint density at radius 2 is 1.71 bits per heavy atom. The molecule has 35 heavy (non-hydrogen) atoms. The van der Waals surface area contributed by atoms with Gasteiger partial charge in [0.25, 0.3) is 5.56 Å². The minimum absolute atomic E-state index is 0.183. The maximum atomic E-state index is 13.6. The van der Waals surface area contributed by atoms with Crippen LogP contribution in [0.3, 0.4) is 0 Å². The van der Waals surface area contributed by atoms with Gasteiger partial charge in [-0.05, 0) is 68.3 Å². The topological polar surface area (TPSA) is 70.7 Å². The van der Waals surface area contributed by atoms with Crippen LogP contribution in [0.25, 0.3) is 22.6 Å². The maximum absolute atomic E-state index is 13.6. The number of ether oxygens (including phenoxy) is 2. The van der Waals surface area contributed by atoms with Gasteiger partial charge in [-0.25, -0.2) is 9.67 Å². The van der Waals surface area contributed by atoms with Crippen LogP contribution in [0, 0.1) is 20.8 Å². The van der Waals surface area contributed by atoms with Crippen molar-refractivity contribution >= 4 is 5.65 Å². The average Bonchev–Trinajstić information content (AvgIpc) is 3.24. The van der Waals surface area contributed by atoms with Gasteiger partial charge in [0.15, 0.2) is 11.4 Å². The third-order valence-corrected chi connectivity index (χ3v) is 6.04. The predicted octanol–water partition coefficient (Wildman–Crippen LogP) is 5.06. The van der Waals surface area contributed by atoms with E-state index in [0.717, 1.165) is 28.3 Å². The van der Waals surface area contributed by atoms with Gasteiger partial charge in [0, 0.05) is 11.9 Å². The molecule has 0 spiro atoms. The van der Waals surface area contributed by atoms with Crippen LogP contribution in [0.1, 0.15) is 22.5 Å². The third-order valence-electron chi connectivity index (χ3n) is 6.04. The number of rotatable bonds is 6. The zero-order valence-electron chi connectivity index (χ0n) is 20.1. The highest BCUT2D eigenvalue weighted by Crippen LogP contribution is 2.25. The summed E-state index contributed by atoms with van der Waals surface area (Å²) in [6.07, 6.45) is 1.71. The molecule has 3 aromatic heterocycles. The molecule has 7 nitrogen and oxygen atoms in total. The number of fused-ring (bicyclic) bond motifs is 1. The van der Waals surface area contributed by atoms with Crippen LogP contribution < -0.4 is 15.0 Å². The van der Waals surface area contributed by atoms with Crippen molar-refractivity contribution in [3.63, 3.8) is 0 Å². The Balaban J connectivity index is 1.53. The third kappa shape index (κ3) is 4.17. The molecule has 7 heteroatoms. The number of hydrogen-bond donors (Lipinski definition) is 0. The summed E-state index contributed by atoms with van der Waals surface area (Å²) in [6.45, 7) is 6.20. The molecule has 2 aromatic carbocycles. The molecule has 0 unspecified atom stereocenters. The summed E-state index contributed by atoms with van der Waals surface area (Å²) in [5.74, 6) is 1.33. The van der Waals surface area contributed by atoms with Crippen molar-refractivity contribution in [3.05, 3.63) is 106 Å². The van der Waals surface area contributed by atoms with Crippen molar-refractivity contribution in [2.24, 2.45) is 0 Å². The molecule has 0 saturated heterocycles. The number of pyridine rings is 1. The first kappa shape index (κ1) is 22.4. The van der Waals surface area contributed by atoms with E-state index in [1.807, 2.05) is 86.1 Å². The number of para-hydroxylation sites is 1. The molecule has 5 rings (SSSR count). The lowest BCUT2D eigenvalue weighted by molar-refractivity contribution is 0.307. The van der Waals surface area contributed by atoms with Gasteiger partial charge < -0.3 is 9.47 Å². The van der Waals surface area contributed by atoms with E-state index in [4.69, 9.17) is 19.6 Å². The predicted molar refractivity (Wildman–Crippen MR) is 136 cm³/mol. The van der Waals surface area contributed by atoms with Crippen molar-refractivity contribution in [1.29, 1.82) is 0 Å². The SMILES string of the molecule is COc1ccc(COc2cccn3c(=O)c(-c4cc(C)n(-c5ccccc5C)n4)c(C)nc23)cc1. The number of aryl methyl sites for hydroxylation is 3. The first-order valence-corrected chi connectivity index (χ1v) is 11.4. The molecule has 0 aliphatic heterocycles. The van der Waals surface area contributed by atoms with E-state index in [2.05, 4.69) is 0 Å². The van der Waals surface area contributed by atoms with Gasteiger partial charge in [-0.1, -0.05) is 30.3 Å². The lowest BCUT2D eigenvalue weighted by atomic mass is 10.1. The quantitative estimate of drug-likeness (QED) is 0.350. The Morgan fingerprint density at radius 3 is 2.46 bits per heavy atom. The maximum Gasteiger partial charge on any atom is 0.267 e. The molecule has 0 N–H and O–H groups in total. The molecular formula is C28H26N4O3. The summed E-state index contributed by atoms with van der Waals surface area (Å²) in [5.41, 5.74) is 5.98. The average molecular weight is 467 g/mol. The molecule has 5 aromatic rings. The van der Waals surface area contributed by atoms with E-state index >= 15 is 0 Å². The van der Waals surface area contributed by atoms with Crippen LogP contribution in [0.15, 0.2) is 77.7 Å². The van der Waals surface area contributed by atoms with Gasteiger partial charge in [0.2, 0.25) is 0 Å². The second-order valence-corrected chi connectivity index (χ2v) is 8.45. The van der Waals surface area contributed by atoms with E-state index < -0.39 is 0 Å². The summed E-state index contributed by atoms with van der Waals surface area (Å²) < 4.78 is 14.6. The highest BCUT2D eigenvalue weighted by atomic mass is 16.5. The highest BCUT2D eigenvalue weighted by Gasteiger charge is 2.18. The van der Waals surface area contributed by atoms with E-state index in [9.17, 15) is 4.79 Å². The van der Waals surface area contributed by atoms with Gasteiger partial charge >= 0.3 is 0 Å². The summed E-state index contributed by atoms with van der Waals surface area (Å²) in [5, 5.41) is 4.77. The zero-order valence-corrected chi connectivity index (χ0v) is 20.1. The smallest absolute Gasteiger partial charge is 0.267 e. The monoisotopic (exact) mass is 466 g/mol. The summed E-state index contributed by atoms with van der Waals surface area (Å²) in [6, 6.07) is 21.2. The molecule has 176 valence electrons. The summed E-state index contributed by atoms with van der Waals surface area (Å²) >= 11 is 0. The van der Waals surface area contributed by atoms with Crippen LogP contribution in [0.2, 0.25) is 0 Å². The van der Waals surface area contributed by atoms with Crippen molar-refractivity contribution in [3.8, 4) is 28.4 Å². The second kappa shape index (κ2) is 9.10. The molecule has 0 radical (unpaired) electrons. The lowest BCUT2D eigenvalue weighted by Gasteiger charge is -2.12. The van der Waals surface area contributed by atoms with E-state index in [-0.39, 0.29) is 5.56 Å². The van der Waals surface area contributed by atoms with E-state index in [1.165, 1.54) is 4.40 Å². The second-order valence-electron chi connectivity index (χ2n) is 8.45. The highest BCUT2D eigenvalue weighted by molar-refractivity contribution is 5.66. The van der Waals surface area contributed by atoms with E-state index in [1.54, 1.807) is 19.4 Å². The minimum Gasteiger partial charge on any atom is -0.497 e. The first-order valence-electron chi connectivity index (χ1n) is 11.4. The fraction of sp³-hybridized carbons (Fsp3) is 0.179. The molecule has 0 saturated carbocycles. The van der Waals surface area contributed by atoms with Crippen molar-refractivity contribution in [2.45, 2.75) is 27.4 Å². The van der Waals surface area contributed by atoms with Crippen LogP contribution in [0.5, 0.6) is 11.5 Å². The Bertz CT molecular complexity index is 1580. The molecule has 0 atom stereocenters. The Labute approximate surface area is 203 Å². The Kier molecular flexibility index (Phi) is 5.82. The summed E-state index contributed by atoms with van der Waals surface area (Å²) in [7, 11) is 1.64. The number of benzene rings is 2. The number of hydrogen-bond acceptors (Lipinski definition) is 5. The number of nitrogens with zero attached hydrogens (tertiary/aromatic N) is 4. The first-order chi connectivity index (χ1) is 17.0. The van der Waals surface area contributed by atoms with Crippen LogP contribution >= 0.6 is 0 Å². The van der Waals surface area contributed by atoms with Crippen LogP contribution in [-0.4, -0.2) is 26.3 Å². The lowest BCUT2D eigenvalue weighted by Crippen LogP contribution is -2.19. The van der Waals surface area contributed by atoms with Gasteiger partial charge in [-0.15, -0.1) is 0 Å². The molecule has 0 amide bonds. The number of methoxy groups -OCH3 is 1. The Morgan fingerprint density at radius 1 is 0.943 bits per heavy atom. The van der Waals surface area contributed by atoms with Crippen LogP contribution in [0.4, 0.5) is 0 Å². The van der Waals surface area contributed by atoms with E-state index in [0.29, 0.717) is 35.0 Å². The zero-order chi connectivity index (χ0) is 24.5. The minimum atomic E-state index is -0.183.